The van der Waals surface area contributed by atoms with Gasteiger partial charge in [0.25, 0.3) is 5.91 Å². The second-order valence-corrected chi connectivity index (χ2v) is 5.89. The van der Waals surface area contributed by atoms with E-state index in [1.54, 1.807) is 25.3 Å². The number of anilines is 3. The lowest BCUT2D eigenvalue weighted by Crippen LogP contribution is -2.15. The van der Waals surface area contributed by atoms with Crippen LogP contribution in [0.15, 0.2) is 54.9 Å². The van der Waals surface area contributed by atoms with Gasteiger partial charge in [-0.25, -0.2) is 9.97 Å². The van der Waals surface area contributed by atoms with Crippen LogP contribution in [-0.2, 0) is 0 Å². The molecule has 29 heavy (non-hydrogen) atoms. The summed E-state index contributed by atoms with van der Waals surface area (Å²) in [6.45, 7) is 2.55. The summed E-state index contributed by atoms with van der Waals surface area (Å²) >= 11 is 0. The van der Waals surface area contributed by atoms with Crippen LogP contribution in [0.25, 0.3) is 0 Å². The Morgan fingerprint density at radius 1 is 0.966 bits per heavy atom. The number of hydrogen-bond donors (Lipinski definition) is 2. The number of benzene rings is 2. The summed E-state index contributed by atoms with van der Waals surface area (Å²) in [7, 11) is 3.08. The summed E-state index contributed by atoms with van der Waals surface area (Å²) in [5, 5.41) is 5.89. The third kappa shape index (κ3) is 5.13. The fourth-order valence-corrected chi connectivity index (χ4v) is 2.55. The normalized spacial score (nSPS) is 10.2. The molecule has 0 spiro atoms. The lowest BCUT2D eigenvalue weighted by atomic mass is 10.2. The van der Waals surface area contributed by atoms with E-state index in [4.69, 9.17) is 14.2 Å². The Bertz CT molecular complexity index is 959. The molecule has 0 unspecified atom stereocenters. The van der Waals surface area contributed by atoms with E-state index in [0.29, 0.717) is 29.6 Å². The molecule has 0 atom stereocenters. The molecule has 3 aromatic rings. The summed E-state index contributed by atoms with van der Waals surface area (Å²) in [6.07, 6.45) is 2.90. The molecule has 8 heteroatoms. The molecule has 0 radical (unpaired) electrons. The minimum atomic E-state index is -0.395. The first-order valence-corrected chi connectivity index (χ1v) is 8.98. The number of hydrogen-bond acceptors (Lipinski definition) is 7. The van der Waals surface area contributed by atoms with E-state index >= 15 is 0 Å². The van der Waals surface area contributed by atoms with Crippen molar-refractivity contribution in [3.05, 3.63) is 60.6 Å². The minimum Gasteiger partial charge on any atom is -0.497 e. The molecule has 0 aliphatic rings. The Kier molecular flexibility index (Phi) is 6.47. The number of carbonyl (C=O) groups excluding carboxylic acids is 1. The zero-order valence-electron chi connectivity index (χ0n) is 16.4. The molecule has 1 amide bonds. The molecule has 0 saturated carbocycles. The zero-order chi connectivity index (χ0) is 20.6. The molecule has 150 valence electrons. The van der Waals surface area contributed by atoms with Gasteiger partial charge >= 0.3 is 0 Å². The number of ether oxygens (including phenoxy) is 3. The SMILES string of the molecule is CCOc1ccc(Nc2cnc(C(=O)Nc3ccc(OC)cc3OC)cn2)cc1. The van der Waals surface area contributed by atoms with Gasteiger partial charge in [0.05, 0.1) is 38.9 Å². The Morgan fingerprint density at radius 3 is 2.34 bits per heavy atom. The number of amides is 1. The molecular formula is C21H22N4O4. The van der Waals surface area contributed by atoms with Crippen LogP contribution in [0.1, 0.15) is 17.4 Å². The van der Waals surface area contributed by atoms with Gasteiger partial charge in [-0.2, -0.15) is 0 Å². The first-order valence-electron chi connectivity index (χ1n) is 8.98. The third-order valence-electron chi connectivity index (χ3n) is 3.98. The first-order chi connectivity index (χ1) is 14.1. The van der Waals surface area contributed by atoms with Crippen molar-refractivity contribution in [3.8, 4) is 17.2 Å². The molecule has 0 aliphatic carbocycles. The van der Waals surface area contributed by atoms with E-state index in [9.17, 15) is 4.79 Å². The van der Waals surface area contributed by atoms with E-state index in [1.807, 2.05) is 31.2 Å². The maximum Gasteiger partial charge on any atom is 0.275 e. The Hall–Kier alpha value is -3.81. The van der Waals surface area contributed by atoms with Crippen LogP contribution in [0.3, 0.4) is 0 Å². The van der Waals surface area contributed by atoms with E-state index in [-0.39, 0.29) is 5.69 Å². The average Bonchev–Trinajstić information content (AvgIpc) is 2.76. The summed E-state index contributed by atoms with van der Waals surface area (Å²) in [5.74, 6) is 2.04. The van der Waals surface area contributed by atoms with Gasteiger partial charge in [0.1, 0.15) is 28.8 Å². The van der Waals surface area contributed by atoms with Crippen molar-refractivity contribution in [2.75, 3.05) is 31.5 Å². The van der Waals surface area contributed by atoms with E-state index in [0.717, 1.165) is 11.4 Å². The highest BCUT2D eigenvalue weighted by molar-refractivity contribution is 6.03. The summed E-state index contributed by atoms with van der Waals surface area (Å²) < 4.78 is 15.9. The molecule has 0 bridgehead atoms. The standard InChI is InChI=1S/C21H22N4O4/c1-4-29-15-7-5-14(6-8-15)24-20-13-22-18(12-23-20)21(26)25-17-10-9-16(27-2)11-19(17)28-3/h5-13H,4H2,1-3H3,(H,23,24)(H,25,26). The molecule has 1 heterocycles. The fourth-order valence-electron chi connectivity index (χ4n) is 2.55. The molecule has 0 fully saturated rings. The van der Waals surface area contributed by atoms with Gasteiger partial charge in [0.15, 0.2) is 0 Å². The van der Waals surface area contributed by atoms with Crippen molar-refractivity contribution >= 4 is 23.1 Å². The lowest BCUT2D eigenvalue weighted by molar-refractivity contribution is 0.102. The van der Waals surface area contributed by atoms with Gasteiger partial charge in [-0.3, -0.25) is 4.79 Å². The van der Waals surface area contributed by atoms with Crippen molar-refractivity contribution in [2.24, 2.45) is 0 Å². The topological polar surface area (TPSA) is 94.6 Å². The molecule has 0 saturated heterocycles. The predicted molar refractivity (Wildman–Crippen MR) is 110 cm³/mol. The molecular weight excluding hydrogens is 372 g/mol. The quantitative estimate of drug-likeness (QED) is 0.598. The number of nitrogens with one attached hydrogen (secondary N) is 2. The molecule has 2 N–H and O–H groups in total. The van der Waals surface area contributed by atoms with Crippen LogP contribution in [-0.4, -0.2) is 36.7 Å². The fraction of sp³-hybridized carbons (Fsp3) is 0.190. The van der Waals surface area contributed by atoms with Crippen molar-refractivity contribution in [2.45, 2.75) is 6.92 Å². The lowest BCUT2D eigenvalue weighted by Gasteiger charge is -2.11. The van der Waals surface area contributed by atoms with E-state index in [1.165, 1.54) is 19.5 Å². The second-order valence-electron chi connectivity index (χ2n) is 5.89. The largest absolute Gasteiger partial charge is 0.497 e. The smallest absolute Gasteiger partial charge is 0.275 e. The van der Waals surface area contributed by atoms with Crippen LogP contribution in [0.4, 0.5) is 17.2 Å². The third-order valence-corrected chi connectivity index (χ3v) is 3.98. The molecule has 1 aromatic heterocycles. The van der Waals surface area contributed by atoms with Gasteiger partial charge in [-0.1, -0.05) is 0 Å². The van der Waals surface area contributed by atoms with Gasteiger partial charge in [0, 0.05) is 11.8 Å². The van der Waals surface area contributed by atoms with E-state index < -0.39 is 5.91 Å². The molecule has 2 aromatic carbocycles. The second kappa shape index (κ2) is 9.41. The number of nitrogens with zero attached hydrogens (tertiary/aromatic N) is 2. The number of carbonyl (C=O) groups is 1. The monoisotopic (exact) mass is 394 g/mol. The highest BCUT2D eigenvalue weighted by Gasteiger charge is 2.12. The highest BCUT2D eigenvalue weighted by atomic mass is 16.5. The zero-order valence-corrected chi connectivity index (χ0v) is 16.4. The molecule has 8 nitrogen and oxygen atoms in total. The Balaban J connectivity index is 1.65. The number of methoxy groups -OCH3 is 2. The molecule has 0 aliphatic heterocycles. The number of aromatic nitrogens is 2. The summed E-state index contributed by atoms with van der Waals surface area (Å²) in [6, 6.07) is 12.6. The van der Waals surface area contributed by atoms with Crippen LogP contribution < -0.4 is 24.8 Å². The Labute approximate surface area is 168 Å². The van der Waals surface area contributed by atoms with Crippen LogP contribution in [0.5, 0.6) is 17.2 Å². The van der Waals surface area contributed by atoms with E-state index in [2.05, 4.69) is 20.6 Å². The van der Waals surface area contributed by atoms with Crippen molar-refractivity contribution in [1.82, 2.24) is 9.97 Å². The summed E-state index contributed by atoms with van der Waals surface area (Å²) in [4.78, 5) is 20.9. The summed E-state index contributed by atoms with van der Waals surface area (Å²) in [5.41, 5.74) is 1.53. The van der Waals surface area contributed by atoms with Gasteiger partial charge in [-0.15, -0.1) is 0 Å². The van der Waals surface area contributed by atoms with Crippen LogP contribution >= 0.6 is 0 Å². The maximum atomic E-state index is 12.5. The molecule has 3 rings (SSSR count). The van der Waals surface area contributed by atoms with Gasteiger partial charge in [0.2, 0.25) is 0 Å². The maximum absolute atomic E-state index is 12.5. The van der Waals surface area contributed by atoms with Crippen molar-refractivity contribution in [3.63, 3.8) is 0 Å². The van der Waals surface area contributed by atoms with Crippen molar-refractivity contribution in [1.29, 1.82) is 0 Å². The van der Waals surface area contributed by atoms with Crippen molar-refractivity contribution < 1.29 is 19.0 Å². The number of rotatable bonds is 8. The van der Waals surface area contributed by atoms with Crippen LogP contribution in [0, 0.1) is 0 Å². The highest BCUT2D eigenvalue weighted by Crippen LogP contribution is 2.29. The van der Waals surface area contributed by atoms with Crippen LogP contribution in [0.2, 0.25) is 0 Å². The first kappa shape index (κ1) is 19.9. The van der Waals surface area contributed by atoms with Gasteiger partial charge in [-0.05, 0) is 43.3 Å². The average molecular weight is 394 g/mol. The Morgan fingerprint density at radius 2 is 1.72 bits per heavy atom. The minimum absolute atomic E-state index is 0.181. The predicted octanol–water partition coefficient (Wildman–Crippen LogP) is 3.89. The van der Waals surface area contributed by atoms with Gasteiger partial charge < -0.3 is 24.8 Å².